The molecule has 0 saturated carbocycles. The van der Waals surface area contributed by atoms with E-state index in [0.717, 1.165) is 11.1 Å². The number of aromatic nitrogens is 3. The van der Waals surface area contributed by atoms with Crippen molar-refractivity contribution in [1.82, 2.24) is 20.3 Å². The number of carbonyl (C=O) groups excluding carboxylic acids is 1. The molecular weight excluding hydrogens is 352 g/mol. The van der Waals surface area contributed by atoms with Crippen LogP contribution in [0.25, 0.3) is 0 Å². The SMILES string of the molecule is Cc1ccc(C)c(C(=O)NCCNc2cc(Nc3ccccn3)nc(C)n2)c1. The van der Waals surface area contributed by atoms with Crippen molar-refractivity contribution in [3.63, 3.8) is 0 Å². The summed E-state index contributed by atoms with van der Waals surface area (Å²) in [6.45, 7) is 6.78. The van der Waals surface area contributed by atoms with Gasteiger partial charge in [0.2, 0.25) is 0 Å². The largest absolute Gasteiger partial charge is 0.368 e. The molecule has 0 spiro atoms. The smallest absolute Gasteiger partial charge is 0.251 e. The molecule has 3 N–H and O–H groups in total. The summed E-state index contributed by atoms with van der Waals surface area (Å²) in [6.07, 6.45) is 1.72. The van der Waals surface area contributed by atoms with E-state index in [0.29, 0.717) is 41.9 Å². The number of nitrogens with one attached hydrogen (secondary N) is 3. The summed E-state index contributed by atoms with van der Waals surface area (Å²) in [5.74, 6) is 2.63. The molecule has 2 aromatic heterocycles. The van der Waals surface area contributed by atoms with Crippen LogP contribution in [0.1, 0.15) is 27.3 Å². The molecule has 0 saturated heterocycles. The minimum atomic E-state index is -0.0700. The zero-order chi connectivity index (χ0) is 19.9. The normalized spacial score (nSPS) is 10.4. The molecule has 0 unspecified atom stereocenters. The topological polar surface area (TPSA) is 91.8 Å². The number of rotatable bonds is 7. The molecule has 1 amide bonds. The number of hydrogen-bond donors (Lipinski definition) is 3. The zero-order valence-corrected chi connectivity index (χ0v) is 16.3. The molecular formula is C21H24N6O. The molecule has 7 heteroatoms. The molecule has 28 heavy (non-hydrogen) atoms. The van der Waals surface area contributed by atoms with Crippen molar-refractivity contribution in [2.75, 3.05) is 23.7 Å². The Morgan fingerprint density at radius 2 is 1.75 bits per heavy atom. The summed E-state index contributed by atoms with van der Waals surface area (Å²) in [5.41, 5.74) is 2.74. The highest BCUT2D eigenvalue weighted by Gasteiger charge is 2.08. The van der Waals surface area contributed by atoms with Gasteiger partial charge in [0.15, 0.2) is 0 Å². The molecule has 1 aromatic carbocycles. The van der Waals surface area contributed by atoms with Crippen molar-refractivity contribution in [3.8, 4) is 0 Å². The number of hydrogen-bond acceptors (Lipinski definition) is 6. The van der Waals surface area contributed by atoms with Crippen LogP contribution in [0, 0.1) is 20.8 Å². The summed E-state index contributed by atoms with van der Waals surface area (Å²) in [7, 11) is 0. The number of aryl methyl sites for hydroxylation is 3. The molecule has 0 aliphatic heterocycles. The first-order chi connectivity index (χ1) is 13.5. The van der Waals surface area contributed by atoms with Gasteiger partial charge in [-0.25, -0.2) is 15.0 Å². The Bertz CT molecular complexity index is 958. The Labute approximate surface area is 164 Å². The fourth-order valence-electron chi connectivity index (χ4n) is 2.73. The lowest BCUT2D eigenvalue weighted by Gasteiger charge is -2.11. The average Bonchev–Trinajstić information content (AvgIpc) is 2.67. The van der Waals surface area contributed by atoms with E-state index in [1.807, 2.05) is 63.2 Å². The van der Waals surface area contributed by atoms with E-state index < -0.39 is 0 Å². The second-order valence-electron chi connectivity index (χ2n) is 6.53. The van der Waals surface area contributed by atoms with Crippen LogP contribution >= 0.6 is 0 Å². The first-order valence-electron chi connectivity index (χ1n) is 9.14. The first-order valence-corrected chi connectivity index (χ1v) is 9.14. The van der Waals surface area contributed by atoms with Crippen LogP contribution in [0.2, 0.25) is 0 Å². The predicted octanol–water partition coefficient (Wildman–Crippen LogP) is 3.38. The van der Waals surface area contributed by atoms with Crippen molar-refractivity contribution >= 4 is 23.4 Å². The fraction of sp³-hybridized carbons (Fsp3) is 0.238. The van der Waals surface area contributed by atoms with Crippen molar-refractivity contribution in [2.24, 2.45) is 0 Å². The zero-order valence-electron chi connectivity index (χ0n) is 16.3. The number of nitrogens with zero attached hydrogens (tertiary/aromatic N) is 3. The molecule has 3 aromatic rings. The van der Waals surface area contributed by atoms with E-state index in [2.05, 4.69) is 30.9 Å². The fourth-order valence-corrected chi connectivity index (χ4v) is 2.73. The minimum absolute atomic E-state index is 0.0700. The van der Waals surface area contributed by atoms with E-state index in [-0.39, 0.29) is 5.91 Å². The highest BCUT2D eigenvalue weighted by molar-refractivity contribution is 5.95. The summed E-state index contributed by atoms with van der Waals surface area (Å²) in [4.78, 5) is 25.3. The Morgan fingerprint density at radius 1 is 0.929 bits per heavy atom. The second kappa shape index (κ2) is 8.94. The van der Waals surface area contributed by atoms with Crippen LogP contribution in [-0.4, -0.2) is 33.9 Å². The maximum Gasteiger partial charge on any atom is 0.251 e. The third-order valence-corrected chi connectivity index (χ3v) is 4.11. The average molecular weight is 376 g/mol. The summed E-state index contributed by atoms with van der Waals surface area (Å²) >= 11 is 0. The van der Waals surface area contributed by atoms with E-state index >= 15 is 0 Å². The highest BCUT2D eigenvalue weighted by Crippen LogP contribution is 2.15. The Hall–Kier alpha value is -3.48. The van der Waals surface area contributed by atoms with Gasteiger partial charge in [-0.15, -0.1) is 0 Å². The lowest BCUT2D eigenvalue weighted by Crippen LogP contribution is -2.29. The van der Waals surface area contributed by atoms with Crippen LogP contribution in [0.4, 0.5) is 17.5 Å². The van der Waals surface area contributed by atoms with Gasteiger partial charge in [0.1, 0.15) is 23.3 Å². The number of amides is 1. The van der Waals surface area contributed by atoms with Gasteiger partial charge in [-0.2, -0.15) is 0 Å². The predicted molar refractivity (Wildman–Crippen MR) is 111 cm³/mol. The van der Waals surface area contributed by atoms with Crippen LogP contribution < -0.4 is 16.0 Å². The van der Waals surface area contributed by atoms with Gasteiger partial charge < -0.3 is 16.0 Å². The Morgan fingerprint density at radius 3 is 2.54 bits per heavy atom. The lowest BCUT2D eigenvalue weighted by molar-refractivity contribution is 0.0954. The van der Waals surface area contributed by atoms with Gasteiger partial charge in [0.05, 0.1) is 0 Å². The second-order valence-corrected chi connectivity index (χ2v) is 6.53. The van der Waals surface area contributed by atoms with Crippen LogP contribution in [0.15, 0.2) is 48.7 Å². The van der Waals surface area contributed by atoms with Gasteiger partial charge in [-0.1, -0.05) is 23.8 Å². The van der Waals surface area contributed by atoms with Gasteiger partial charge in [0.25, 0.3) is 5.91 Å². The van der Waals surface area contributed by atoms with Crippen LogP contribution in [-0.2, 0) is 0 Å². The van der Waals surface area contributed by atoms with Crippen molar-refractivity contribution < 1.29 is 4.79 Å². The molecule has 144 valence electrons. The van der Waals surface area contributed by atoms with Gasteiger partial charge in [-0.3, -0.25) is 4.79 Å². The maximum absolute atomic E-state index is 12.4. The van der Waals surface area contributed by atoms with E-state index in [4.69, 9.17) is 0 Å². The summed E-state index contributed by atoms with van der Waals surface area (Å²) in [6, 6.07) is 13.3. The lowest BCUT2D eigenvalue weighted by atomic mass is 10.1. The highest BCUT2D eigenvalue weighted by atomic mass is 16.1. The standard InChI is InChI=1S/C21H24N6O/c1-14-7-8-15(2)17(12-14)21(28)24-11-10-23-19-13-20(26-16(3)25-19)27-18-6-4-5-9-22-18/h4-9,12-13H,10-11H2,1-3H3,(H,24,28)(H2,22,23,25,26,27). The number of anilines is 3. The minimum Gasteiger partial charge on any atom is -0.368 e. The molecule has 0 radical (unpaired) electrons. The molecule has 0 atom stereocenters. The number of benzene rings is 1. The van der Waals surface area contributed by atoms with Crippen molar-refractivity contribution in [1.29, 1.82) is 0 Å². The molecule has 0 aliphatic rings. The summed E-state index contributed by atoms with van der Waals surface area (Å²) < 4.78 is 0. The van der Waals surface area contributed by atoms with Gasteiger partial charge >= 0.3 is 0 Å². The Kier molecular flexibility index (Phi) is 6.16. The number of carbonyl (C=O) groups is 1. The summed E-state index contributed by atoms with van der Waals surface area (Å²) in [5, 5.41) is 9.31. The number of pyridine rings is 1. The molecule has 0 fully saturated rings. The third-order valence-electron chi connectivity index (χ3n) is 4.11. The monoisotopic (exact) mass is 376 g/mol. The van der Waals surface area contributed by atoms with Crippen LogP contribution in [0.5, 0.6) is 0 Å². The Balaban J connectivity index is 1.54. The molecule has 7 nitrogen and oxygen atoms in total. The van der Waals surface area contributed by atoms with E-state index in [1.54, 1.807) is 6.20 Å². The molecule has 2 heterocycles. The maximum atomic E-state index is 12.4. The van der Waals surface area contributed by atoms with Crippen molar-refractivity contribution in [3.05, 3.63) is 71.2 Å². The van der Waals surface area contributed by atoms with E-state index in [9.17, 15) is 4.79 Å². The van der Waals surface area contributed by atoms with Gasteiger partial charge in [-0.05, 0) is 44.5 Å². The van der Waals surface area contributed by atoms with Crippen LogP contribution in [0.3, 0.4) is 0 Å². The molecule has 0 aliphatic carbocycles. The van der Waals surface area contributed by atoms with Gasteiger partial charge in [0, 0.05) is 30.9 Å². The molecule has 3 rings (SSSR count). The quantitative estimate of drug-likeness (QED) is 0.548. The third kappa shape index (κ3) is 5.26. The molecule has 0 bridgehead atoms. The van der Waals surface area contributed by atoms with Crippen molar-refractivity contribution in [2.45, 2.75) is 20.8 Å². The van der Waals surface area contributed by atoms with E-state index in [1.165, 1.54) is 0 Å². The first kappa shape index (κ1) is 19.3.